The number of nitrogens with one attached hydrogen (secondary N) is 1. The molecule has 7 nitrogen and oxygen atoms in total. The summed E-state index contributed by atoms with van der Waals surface area (Å²) in [5, 5.41) is 18.6. The van der Waals surface area contributed by atoms with E-state index in [9.17, 15) is 9.90 Å². The monoisotopic (exact) mass is 469 g/mol. The molecule has 9 heteroatoms. The van der Waals surface area contributed by atoms with Gasteiger partial charge in [0.25, 0.3) is 5.91 Å². The van der Waals surface area contributed by atoms with Crippen molar-refractivity contribution in [2.24, 2.45) is 27.8 Å². The number of hydrogen-bond donors (Lipinski definition) is 6. The largest absolute Gasteiger partial charge is 0.505 e. The number of amides is 1. The van der Waals surface area contributed by atoms with Gasteiger partial charge in [-0.1, -0.05) is 48.0 Å². The number of nitrogen functional groups attached to an aromatic ring is 1. The molecular formula is C22H40N5O2PS. The van der Waals surface area contributed by atoms with Crippen molar-refractivity contribution in [1.82, 2.24) is 0 Å². The number of hydrogen-bond acceptors (Lipinski definition) is 6. The first-order chi connectivity index (χ1) is 14.2. The number of carbonyl (C=O) groups is 1. The Balaban J connectivity index is 0. The Labute approximate surface area is 195 Å². The standard InChI is InChI=1S/C15H22N5O2P.C6H14.CH4S/c1-7(2)5-9(17)13(21)12(15(19)22)14(18)20-10-4-3-8(16)6-11(10)23;1-5-6(2,3)4;1-2/h3-4,6-7,17,21H,5,16,23H2,1-2H3,(H2,18,20)(H2,19,22);5H2,1-4H3;2H,1H3/b13-12+,17-9?;;. The van der Waals surface area contributed by atoms with Gasteiger partial charge in [-0.05, 0) is 47.5 Å². The highest BCUT2D eigenvalue weighted by atomic mass is 32.1. The minimum Gasteiger partial charge on any atom is -0.505 e. The molecule has 176 valence electrons. The molecule has 0 aromatic heterocycles. The fourth-order valence-electron chi connectivity index (χ4n) is 1.88. The molecule has 8 N–H and O–H groups in total. The third-order valence-corrected chi connectivity index (χ3v) is 4.45. The number of carbonyl (C=O) groups excluding carboxylic acids is 1. The van der Waals surface area contributed by atoms with Gasteiger partial charge in [0.05, 0.1) is 11.4 Å². The first kappa shape index (κ1) is 31.1. The van der Waals surface area contributed by atoms with E-state index in [4.69, 9.17) is 22.6 Å². The molecule has 1 aromatic rings. The van der Waals surface area contributed by atoms with E-state index in [1.165, 1.54) is 6.42 Å². The van der Waals surface area contributed by atoms with E-state index < -0.39 is 11.7 Å². The molecule has 0 spiro atoms. The van der Waals surface area contributed by atoms with Crippen LogP contribution in [0.1, 0.15) is 54.4 Å². The summed E-state index contributed by atoms with van der Waals surface area (Å²) < 4.78 is 0. The van der Waals surface area contributed by atoms with Gasteiger partial charge in [0.1, 0.15) is 11.4 Å². The number of anilines is 1. The van der Waals surface area contributed by atoms with Crippen LogP contribution in [0.3, 0.4) is 0 Å². The van der Waals surface area contributed by atoms with Crippen molar-refractivity contribution < 1.29 is 9.90 Å². The van der Waals surface area contributed by atoms with Crippen molar-refractivity contribution in [1.29, 1.82) is 5.41 Å². The summed E-state index contributed by atoms with van der Waals surface area (Å²) in [5.41, 5.74) is 17.8. The Morgan fingerprint density at radius 2 is 1.74 bits per heavy atom. The van der Waals surface area contributed by atoms with Crippen LogP contribution in [-0.4, -0.2) is 28.8 Å². The molecule has 1 unspecified atom stereocenters. The number of benzene rings is 1. The molecule has 0 aliphatic carbocycles. The molecule has 31 heavy (non-hydrogen) atoms. The van der Waals surface area contributed by atoms with Crippen LogP contribution in [0.2, 0.25) is 0 Å². The summed E-state index contributed by atoms with van der Waals surface area (Å²) in [4.78, 5) is 15.7. The van der Waals surface area contributed by atoms with Crippen LogP contribution in [0.5, 0.6) is 0 Å². The minimum atomic E-state index is -0.946. The number of nitrogens with zero attached hydrogens (tertiary/aromatic N) is 1. The van der Waals surface area contributed by atoms with Crippen LogP contribution in [0, 0.1) is 16.7 Å². The second kappa shape index (κ2) is 14.9. The highest BCUT2D eigenvalue weighted by molar-refractivity contribution is 7.79. The van der Waals surface area contributed by atoms with Crippen molar-refractivity contribution in [2.75, 3.05) is 12.0 Å². The lowest BCUT2D eigenvalue weighted by Crippen LogP contribution is -2.30. The summed E-state index contributed by atoms with van der Waals surface area (Å²) in [6, 6.07) is 4.93. The quantitative estimate of drug-likeness (QED) is 0.0706. The zero-order chi connectivity index (χ0) is 24.9. The lowest BCUT2D eigenvalue weighted by atomic mass is 9.94. The lowest BCUT2D eigenvalue weighted by Gasteiger charge is -2.12. The Bertz CT molecular complexity index is 800. The van der Waals surface area contributed by atoms with Crippen LogP contribution in [0.15, 0.2) is 34.5 Å². The van der Waals surface area contributed by atoms with Gasteiger partial charge in [0, 0.05) is 5.69 Å². The topological polar surface area (TPSA) is 152 Å². The average molecular weight is 470 g/mol. The maximum absolute atomic E-state index is 11.6. The van der Waals surface area contributed by atoms with E-state index in [0.29, 0.717) is 22.1 Å². The first-order valence-corrected chi connectivity index (χ1v) is 11.4. The van der Waals surface area contributed by atoms with Crippen molar-refractivity contribution in [3.8, 4) is 0 Å². The Morgan fingerprint density at radius 3 is 2.10 bits per heavy atom. The summed E-state index contributed by atoms with van der Waals surface area (Å²) in [6.45, 7) is 12.7. The molecule has 1 atom stereocenters. The van der Waals surface area contributed by atoms with E-state index in [0.717, 1.165) is 0 Å². The van der Waals surface area contributed by atoms with Crippen molar-refractivity contribution in [2.45, 2.75) is 54.4 Å². The van der Waals surface area contributed by atoms with Crippen LogP contribution in [0.4, 0.5) is 11.4 Å². The van der Waals surface area contributed by atoms with E-state index in [1.54, 1.807) is 24.5 Å². The van der Waals surface area contributed by atoms with Gasteiger partial charge in [-0.15, -0.1) is 9.24 Å². The number of nitrogens with two attached hydrogens (primary N) is 3. The third kappa shape index (κ3) is 13.1. The molecule has 0 aliphatic rings. The number of rotatable bonds is 6. The predicted molar refractivity (Wildman–Crippen MR) is 142 cm³/mol. The normalized spacial score (nSPS) is 12.1. The summed E-state index contributed by atoms with van der Waals surface area (Å²) in [5.74, 6) is -1.61. The van der Waals surface area contributed by atoms with Gasteiger partial charge in [-0.25, -0.2) is 4.99 Å². The zero-order valence-electron chi connectivity index (χ0n) is 19.8. The van der Waals surface area contributed by atoms with E-state index >= 15 is 0 Å². The number of aliphatic hydroxyl groups excluding tert-OH is 1. The summed E-state index contributed by atoms with van der Waals surface area (Å²) >= 11 is 3.53. The van der Waals surface area contributed by atoms with Crippen LogP contribution < -0.4 is 22.5 Å². The lowest BCUT2D eigenvalue weighted by molar-refractivity contribution is -0.114. The summed E-state index contributed by atoms with van der Waals surface area (Å²) in [7, 11) is 2.45. The molecule has 0 saturated heterocycles. The van der Waals surface area contributed by atoms with Crippen LogP contribution in [-0.2, 0) is 4.79 Å². The van der Waals surface area contributed by atoms with Gasteiger partial charge in [-0.3, -0.25) is 4.79 Å². The number of aliphatic hydroxyl groups is 1. The molecule has 0 heterocycles. The number of thiol groups is 1. The van der Waals surface area contributed by atoms with E-state index in [1.807, 2.05) is 13.8 Å². The molecule has 0 radical (unpaired) electrons. The van der Waals surface area contributed by atoms with Crippen molar-refractivity contribution >= 4 is 56.0 Å². The fourth-order valence-corrected chi connectivity index (χ4v) is 2.23. The fraction of sp³-hybridized carbons (Fsp3) is 0.500. The van der Waals surface area contributed by atoms with Crippen molar-refractivity contribution in [3.63, 3.8) is 0 Å². The molecule has 0 fully saturated rings. The van der Waals surface area contributed by atoms with Crippen LogP contribution >= 0.6 is 21.9 Å². The van der Waals surface area contributed by atoms with Gasteiger partial charge in [0.15, 0.2) is 5.76 Å². The first-order valence-electron chi connectivity index (χ1n) is 9.94. The molecular weight excluding hydrogens is 429 g/mol. The highest BCUT2D eigenvalue weighted by Gasteiger charge is 2.20. The van der Waals surface area contributed by atoms with Gasteiger partial charge < -0.3 is 27.7 Å². The van der Waals surface area contributed by atoms with Gasteiger partial charge in [-0.2, -0.15) is 12.6 Å². The Kier molecular flexibility index (Phi) is 14.9. The van der Waals surface area contributed by atoms with Gasteiger partial charge in [0.2, 0.25) is 0 Å². The second-order valence-electron chi connectivity index (χ2n) is 8.39. The molecule has 0 saturated carbocycles. The number of primary amides is 1. The molecule has 1 amide bonds. The number of allylic oxidation sites excluding steroid dienone is 1. The smallest absolute Gasteiger partial charge is 0.256 e. The average Bonchev–Trinajstić information content (AvgIpc) is 2.64. The van der Waals surface area contributed by atoms with Crippen LogP contribution in [0.25, 0.3) is 0 Å². The molecule has 0 bridgehead atoms. The highest BCUT2D eigenvalue weighted by Crippen LogP contribution is 2.18. The Morgan fingerprint density at radius 1 is 1.26 bits per heavy atom. The predicted octanol–water partition coefficient (Wildman–Crippen LogP) is 4.11. The number of aliphatic imine (C=N–C) groups is 1. The van der Waals surface area contributed by atoms with Gasteiger partial charge >= 0.3 is 0 Å². The number of amidine groups is 1. The zero-order valence-corrected chi connectivity index (χ0v) is 21.8. The maximum atomic E-state index is 11.6. The van der Waals surface area contributed by atoms with E-state index in [-0.39, 0.29) is 29.5 Å². The SMILES string of the molecule is CC(C)CC(=N)/C(O)=C(\C(N)=O)C(N)=Nc1ccc(N)cc1P.CCC(C)(C)C.CS. The Hall–Kier alpha value is -2.05. The molecule has 1 rings (SSSR count). The maximum Gasteiger partial charge on any atom is 0.256 e. The minimum absolute atomic E-state index is 0.115. The van der Waals surface area contributed by atoms with E-state index in [2.05, 4.69) is 54.6 Å². The van der Waals surface area contributed by atoms with Crippen molar-refractivity contribution in [3.05, 3.63) is 29.5 Å². The third-order valence-electron chi connectivity index (χ3n) is 3.99. The molecule has 1 aromatic carbocycles. The second-order valence-corrected chi connectivity index (χ2v) is 9.02. The molecule has 0 aliphatic heterocycles. The summed E-state index contributed by atoms with van der Waals surface area (Å²) in [6.07, 6.45) is 3.25.